The Balaban J connectivity index is -0.000000712. The molecule has 340 valence electrons. The number of carboxylic acid groups (broad SMARTS) is 1. The van der Waals surface area contributed by atoms with Gasteiger partial charge in [-0.3, -0.25) is 19.3 Å². The van der Waals surface area contributed by atoms with Crippen molar-refractivity contribution in [1.29, 1.82) is 0 Å². The SMILES string of the molecule is CCCCC.CCN(CC)C(=O)[C@@H]1CCCN1.CCN(CC)C(=O)[C@@H]1CCCN1C(=O)OCc1ccccc1.O=C(O)C1CCCC1.O=S(=O)=O.O=S(=O)=O.O=S(=O)=O. The van der Waals surface area contributed by atoms with Crippen molar-refractivity contribution in [3.63, 3.8) is 0 Å². The van der Waals surface area contributed by atoms with Crippen LogP contribution in [0.3, 0.4) is 0 Å². The maximum absolute atomic E-state index is 12.5. The molecule has 2 N–H and O–H groups in total. The summed E-state index contributed by atoms with van der Waals surface area (Å²) in [6, 6.07) is 9.29. The van der Waals surface area contributed by atoms with E-state index in [4.69, 9.17) is 47.7 Å². The lowest BCUT2D eigenvalue weighted by atomic mass is 10.1. The van der Waals surface area contributed by atoms with E-state index in [1.165, 1.54) is 19.3 Å². The van der Waals surface area contributed by atoms with Crippen LogP contribution >= 0.6 is 0 Å². The maximum atomic E-state index is 12.5. The number of nitrogens with zero attached hydrogens (tertiary/aromatic N) is 3. The van der Waals surface area contributed by atoms with Gasteiger partial charge < -0.3 is 25.0 Å². The molecule has 0 bridgehead atoms. The van der Waals surface area contributed by atoms with Gasteiger partial charge in [0.05, 0.1) is 12.0 Å². The van der Waals surface area contributed by atoms with E-state index in [0.717, 1.165) is 76.6 Å². The molecule has 19 nitrogen and oxygen atoms in total. The highest BCUT2D eigenvalue weighted by molar-refractivity contribution is 7.59. The Bertz CT molecular complexity index is 1550. The van der Waals surface area contributed by atoms with Gasteiger partial charge in [-0.05, 0) is 78.3 Å². The zero-order chi connectivity index (χ0) is 45.8. The number of aliphatic carboxylic acids is 1. The van der Waals surface area contributed by atoms with Crippen molar-refractivity contribution >= 4 is 55.7 Å². The summed E-state index contributed by atoms with van der Waals surface area (Å²) in [4.78, 5) is 51.8. The van der Waals surface area contributed by atoms with Crippen molar-refractivity contribution in [2.45, 2.75) is 131 Å². The second-order valence-corrected chi connectivity index (χ2v) is 14.1. The fourth-order valence-corrected chi connectivity index (χ4v) is 5.97. The minimum Gasteiger partial charge on any atom is -0.481 e. The lowest BCUT2D eigenvalue weighted by Crippen LogP contribution is -2.47. The smallest absolute Gasteiger partial charge is 0.425 e. The third kappa shape index (κ3) is 32.3. The van der Waals surface area contributed by atoms with Gasteiger partial charge in [0, 0.05) is 32.7 Å². The van der Waals surface area contributed by atoms with Crippen LogP contribution in [0.15, 0.2) is 30.3 Å². The number of rotatable bonds is 11. The van der Waals surface area contributed by atoms with Gasteiger partial charge in [0.25, 0.3) is 0 Å². The number of benzene rings is 1. The molecule has 3 fully saturated rings. The van der Waals surface area contributed by atoms with E-state index in [2.05, 4.69) is 19.2 Å². The highest BCUT2D eigenvalue weighted by atomic mass is 32.2. The van der Waals surface area contributed by atoms with Crippen molar-refractivity contribution in [2.75, 3.05) is 39.3 Å². The number of likely N-dealkylation sites (tertiary alicyclic amines) is 1. The van der Waals surface area contributed by atoms with Crippen LogP contribution in [0.1, 0.15) is 118 Å². The molecule has 59 heavy (non-hydrogen) atoms. The topological polar surface area (TPSA) is 273 Å². The molecular weight excluding hydrogens is 837 g/mol. The van der Waals surface area contributed by atoms with E-state index in [1.54, 1.807) is 9.80 Å². The molecule has 3 amide bonds. The van der Waals surface area contributed by atoms with E-state index in [1.807, 2.05) is 62.9 Å². The molecule has 0 radical (unpaired) electrons. The predicted octanol–water partition coefficient (Wildman–Crippen LogP) is 3.71. The van der Waals surface area contributed by atoms with Crippen LogP contribution in [0, 0.1) is 5.92 Å². The molecule has 1 aromatic rings. The summed E-state index contributed by atoms with van der Waals surface area (Å²) in [6.07, 6.45) is 11.4. The number of carbonyl (C=O) groups is 4. The average molecular weight is 901 g/mol. The van der Waals surface area contributed by atoms with Gasteiger partial charge in [0.1, 0.15) is 12.6 Å². The first-order chi connectivity index (χ1) is 27.9. The summed E-state index contributed by atoms with van der Waals surface area (Å²) in [6.45, 7) is 17.2. The number of nitrogens with one attached hydrogen (secondary N) is 1. The Labute approximate surface area is 353 Å². The summed E-state index contributed by atoms with van der Waals surface area (Å²) in [7, 11) is -9.33. The van der Waals surface area contributed by atoms with E-state index < -0.39 is 43.9 Å². The van der Waals surface area contributed by atoms with E-state index in [0.29, 0.717) is 19.6 Å². The van der Waals surface area contributed by atoms with Crippen molar-refractivity contribution < 1.29 is 66.9 Å². The molecule has 22 heteroatoms. The minimum atomic E-state index is -3.11. The summed E-state index contributed by atoms with van der Waals surface area (Å²) < 4.78 is 81.4. The third-order valence-electron chi connectivity index (χ3n) is 8.90. The summed E-state index contributed by atoms with van der Waals surface area (Å²) in [5.41, 5.74) is 0.946. The number of amides is 3. The van der Waals surface area contributed by atoms with Gasteiger partial charge in [-0.2, -0.15) is 0 Å². The van der Waals surface area contributed by atoms with Crippen LogP contribution in [0.5, 0.6) is 0 Å². The minimum absolute atomic E-state index is 0.0185. The molecule has 3 aliphatic rings. The summed E-state index contributed by atoms with van der Waals surface area (Å²) >= 11 is 0. The molecule has 2 atom stereocenters. The molecule has 1 aliphatic carbocycles. The number of ether oxygens (including phenoxy) is 1. The van der Waals surface area contributed by atoms with Crippen molar-refractivity contribution in [1.82, 2.24) is 20.0 Å². The molecule has 2 aliphatic heterocycles. The van der Waals surface area contributed by atoms with Crippen LogP contribution in [-0.2, 0) is 57.6 Å². The van der Waals surface area contributed by atoms with E-state index in [9.17, 15) is 19.2 Å². The van der Waals surface area contributed by atoms with Crippen LogP contribution in [-0.4, -0.2) is 133 Å². The fraction of sp³-hybridized carbons (Fsp3) is 0.730. The molecule has 0 aromatic heterocycles. The first kappa shape index (κ1) is 59.0. The Hall–Kier alpha value is -4.28. The zero-order valence-corrected chi connectivity index (χ0v) is 37.5. The number of carboxylic acids is 1. The second kappa shape index (κ2) is 38.0. The predicted molar refractivity (Wildman–Crippen MR) is 217 cm³/mol. The second-order valence-electron chi connectivity index (χ2n) is 12.8. The number of hydrogen-bond donors (Lipinski definition) is 2. The molecule has 2 saturated heterocycles. The average Bonchev–Trinajstić information content (AvgIpc) is 4.00. The lowest BCUT2D eigenvalue weighted by Gasteiger charge is -2.28. The number of carbonyl (C=O) groups excluding carboxylic acids is 3. The standard InChI is InChI=1S/C17H24N2O3.C9H18N2O.C6H10O2.C5H12.3O3S/c1-3-18(4-2)16(20)15-11-8-12-19(15)17(21)22-13-14-9-6-5-7-10-14;1-3-11(4-2)9(12)8-6-5-7-10-8;7-6(8)5-3-1-2-4-5;1-3-5-4-2;3*1-4(2)3/h5-7,9-10,15H,3-4,8,11-13H2,1-2H3;8,10H,3-7H2,1-2H3;5H,1-4H2,(H,7,8);3-5H2,1-2H3;;;/t15-;8-;;;;;/m00...../s1. The number of hydrogen-bond acceptors (Lipinski definition) is 15. The van der Waals surface area contributed by atoms with Crippen molar-refractivity contribution in [3.05, 3.63) is 35.9 Å². The Morgan fingerprint density at radius 2 is 1.14 bits per heavy atom. The van der Waals surface area contributed by atoms with Gasteiger partial charge in [0.15, 0.2) is 0 Å². The normalized spacial score (nSPS) is 15.9. The molecule has 0 spiro atoms. The quantitative estimate of drug-likeness (QED) is 0.320. The van der Waals surface area contributed by atoms with Crippen molar-refractivity contribution in [2.24, 2.45) is 5.92 Å². The Morgan fingerprint density at radius 1 is 0.678 bits per heavy atom. The highest BCUT2D eigenvalue weighted by Crippen LogP contribution is 2.24. The van der Waals surface area contributed by atoms with Gasteiger partial charge in [-0.1, -0.05) is 76.3 Å². The van der Waals surface area contributed by atoms with Crippen LogP contribution < -0.4 is 5.32 Å². The number of unbranched alkanes of at least 4 members (excludes halogenated alkanes) is 2. The molecule has 4 rings (SSSR count). The van der Waals surface area contributed by atoms with Gasteiger partial charge in [-0.25, -0.2) is 4.79 Å². The van der Waals surface area contributed by atoms with Crippen LogP contribution in [0.2, 0.25) is 0 Å². The summed E-state index contributed by atoms with van der Waals surface area (Å²) in [5, 5.41) is 11.6. The van der Waals surface area contributed by atoms with Gasteiger partial charge in [-0.15, -0.1) is 37.9 Å². The fourth-order valence-electron chi connectivity index (χ4n) is 5.97. The maximum Gasteiger partial charge on any atom is 0.425 e. The molecule has 1 saturated carbocycles. The highest BCUT2D eigenvalue weighted by Gasteiger charge is 2.36. The van der Waals surface area contributed by atoms with E-state index >= 15 is 0 Å². The Morgan fingerprint density at radius 3 is 1.49 bits per heavy atom. The molecular formula is C37H64N4O15S3. The molecule has 1 aromatic carbocycles. The largest absolute Gasteiger partial charge is 0.481 e. The van der Waals surface area contributed by atoms with E-state index in [-0.39, 0.29) is 36.4 Å². The lowest BCUT2D eigenvalue weighted by molar-refractivity contribution is -0.141. The first-order valence-electron chi connectivity index (χ1n) is 19.7. The molecule has 0 unspecified atom stereocenters. The summed E-state index contributed by atoms with van der Waals surface area (Å²) in [5.74, 6) is -0.325. The first-order valence-corrected chi connectivity index (χ1v) is 22.7. The number of likely N-dealkylation sites (N-methyl/N-ethyl adjacent to an activating group) is 2. The zero-order valence-electron chi connectivity index (χ0n) is 35.1. The van der Waals surface area contributed by atoms with Crippen LogP contribution in [0.25, 0.3) is 0 Å². The van der Waals surface area contributed by atoms with Crippen molar-refractivity contribution in [3.8, 4) is 0 Å². The monoisotopic (exact) mass is 900 g/mol. The van der Waals surface area contributed by atoms with Crippen LogP contribution in [0.4, 0.5) is 4.79 Å². The van der Waals surface area contributed by atoms with Gasteiger partial charge >= 0.3 is 43.9 Å². The molecule has 2 heterocycles. The van der Waals surface area contributed by atoms with Gasteiger partial charge in [0.2, 0.25) is 11.8 Å². The Kier molecular flexibility index (Phi) is 38.0. The third-order valence-corrected chi connectivity index (χ3v) is 8.90.